The quantitative estimate of drug-likeness (QED) is 0.596. The van der Waals surface area contributed by atoms with Gasteiger partial charge in [0.2, 0.25) is 0 Å². The molecule has 25 heavy (non-hydrogen) atoms. The first-order valence-electron chi connectivity index (χ1n) is 8.15. The van der Waals surface area contributed by atoms with Crippen molar-refractivity contribution in [2.75, 3.05) is 13.7 Å². The summed E-state index contributed by atoms with van der Waals surface area (Å²) in [5, 5.41) is 6.11. The standard InChI is InChI=1S/C19H23F2N3O/c1-3-22-19(24-12-16-10-17(20)8-9-18(16)21)23-11-14-4-6-15(7-5-14)13-25-2/h4-10H,3,11-13H2,1-2H3,(H2,22,23,24). The molecule has 0 spiro atoms. The van der Waals surface area contributed by atoms with Crippen LogP contribution in [0.15, 0.2) is 47.5 Å². The molecular formula is C19H23F2N3O. The molecule has 0 fully saturated rings. The lowest BCUT2D eigenvalue weighted by Crippen LogP contribution is -2.37. The lowest BCUT2D eigenvalue weighted by molar-refractivity contribution is 0.185. The van der Waals surface area contributed by atoms with Gasteiger partial charge >= 0.3 is 0 Å². The number of benzene rings is 2. The summed E-state index contributed by atoms with van der Waals surface area (Å²) in [6.45, 7) is 3.83. The molecule has 0 unspecified atom stereocenters. The highest BCUT2D eigenvalue weighted by molar-refractivity contribution is 5.79. The van der Waals surface area contributed by atoms with Crippen molar-refractivity contribution in [1.29, 1.82) is 0 Å². The van der Waals surface area contributed by atoms with E-state index in [9.17, 15) is 8.78 Å². The number of hydrogen-bond acceptors (Lipinski definition) is 2. The van der Waals surface area contributed by atoms with Crippen molar-refractivity contribution in [2.45, 2.75) is 26.6 Å². The fraction of sp³-hybridized carbons (Fsp3) is 0.316. The molecule has 2 N–H and O–H groups in total. The molecule has 0 aromatic heterocycles. The van der Waals surface area contributed by atoms with Crippen molar-refractivity contribution in [2.24, 2.45) is 4.99 Å². The maximum atomic E-state index is 13.7. The van der Waals surface area contributed by atoms with Crippen LogP contribution in [0.3, 0.4) is 0 Å². The molecule has 0 radical (unpaired) electrons. The van der Waals surface area contributed by atoms with Crippen LogP contribution >= 0.6 is 0 Å². The van der Waals surface area contributed by atoms with Crippen molar-refractivity contribution >= 4 is 5.96 Å². The van der Waals surface area contributed by atoms with Gasteiger partial charge in [-0.1, -0.05) is 24.3 Å². The van der Waals surface area contributed by atoms with E-state index in [2.05, 4.69) is 15.6 Å². The summed E-state index contributed by atoms with van der Waals surface area (Å²) in [5.74, 6) is -0.359. The minimum atomic E-state index is -0.462. The number of aliphatic imine (C=N–C) groups is 1. The molecule has 0 saturated heterocycles. The maximum absolute atomic E-state index is 13.7. The molecule has 0 heterocycles. The van der Waals surface area contributed by atoms with Gasteiger partial charge in [-0.25, -0.2) is 13.8 Å². The summed E-state index contributed by atoms with van der Waals surface area (Å²) < 4.78 is 32.0. The maximum Gasteiger partial charge on any atom is 0.191 e. The third-order valence-corrected chi connectivity index (χ3v) is 3.55. The molecule has 0 aliphatic heterocycles. The predicted octanol–water partition coefficient (Wildman–Crippen LogP) is 3.37. The van der Waals surface area contributed by atoms with E-state index < -0.39 is 11.6 Å². The average molecular weight is 347 g/mol. The largest absolute Gasteiger partial charge is 0.380 e. The number of guanidine groups is 1. The fourth-order valence-electron chi connectivity index (χ4n) is 2.28. The molecule has 2 rings (SSSR count). The molecule has 134 valence electrons. The zero-order valence-corrected chi connectivity index (χ0v) is 14.5. The summed E-state index contributed by atoms with van der Waals surface area (Å²) in [7, 11) is 1.66. The van der Waals surface area contributed by atoms with Crippen molar-refractivity contribution < 1.29 is 13.5 Å². The third-order valence-electron chi connectivity index (χ3n) is 3.55. The van der Waals surface area contributed by atoms with Crippen LogP contribution in [0, 0.1) is 11.6 Å². The Kier molecular flexibility index (Phi) is 7.35. The number of halogens is 2. The van der Waals surface area contributed by atoms with Crippen LogP contribution in [0.2, 0.25) is 0 Å². The Morgan fingerprint density at radius 1 is 1.04 bits per heavy atom. The van der Waals surface area contributed by atoms with Gasteiger partial charge in [0, 0.05) is 25.8 Å². The number of nitrogens with zero attached hydrogens (tertiary/aromatic N) is 1. The topological polar surface area (TPSA) is 45.7 Å². The lowest BCUT2D eigenvalue weighted by atomic mass is 10.1. The third kappa shape index (κ3) is 6.15. The molecule has 0 amide bonds. The highest BCUT2D eigenvalue weighted by Crippen LogP contribution is 2.09. The molecule has 6 heteroatoms. The molecule has 0 bridgehead atoms. The second kappa shape index (κ2) is 9.74. The van der Waals surface area contributed by atoms with E-state index >= 15 is 0 Å². The van der Waals surface area contributed by atoms with Gasteiger partial charge in [0.05, 0.1) is 13.2 Å². The number of rotatable bonds is 7. The smallest absolute Gasteiger partial charge is 0.191 e. The Morgan fingerprint density at radius 3 is 2.44 bits per heavy atom. The number of methoxy groups -OCH3 is 1. The summed E-state index contributed by atoms with van der Waals surface area (Å²) in [6.07, 6.45) is 0. The van der Waals surface area contributed by atoms with E-state index in [1.807, 2.05) is 31.2 Å². The highest BCUT2D eigenvalue weighted by Gasteiger charge is 2.05. The molecule has 0 saturated carbocycles. The molecule has 2 aromatic carbocycles. The summed E-state index contributed by atoms with van der Waals surface area (Å²) in [4.78, 5) is 4.47. The molecular weight excluding hydrogens is 324 g/mol. The molecule has 0 aliphatic rings. The van der Waals surface area contributed by atoms with E-state index in [0.29, 0.717) is 25.7 Å². The molecule has 2 aromatic rings. The van der Waals surface area contributed by atoms with E-state index in [0.717, 1.165) is 23.3 Å². The zero-order chi connectivity index (χ0) is 18.1. The Hall–Kier alpha value is -2.47. The van der Waals surface area contributed by atoms with Gasteiger partial charge in [-0.3, -0.25) is 0 Å². The van der Waals surface area contributed by atoms with Crippen LogP contribution in [0.5, 0.6) is 0 Å². The van der Waals surface area contributed by atoms with Crippen LogP contribution < -0.4 is 10.6 Å². The van der Waals surface area contributed by atoms with Gasteiger partial charge in [-0.2, -0.15) is 0 Å². The minimum absolute atomic E-state index is 0.155. The fourth-order valence-corrected chi connectivity index (χ4v) is 2.28. The average Bonchev–Trinajstić information content (AvgIpc) is 2.61. The Morgan fingerprint density at radius 2 is 1.76 bits per heavy atom. The van der Waals surface area contributed by atoms with Gasteiger partial charge in [0.25, 0.3) is 0 Å². The number of hydrogen-bond donors (Lipinski definition) is 2. The minimum Gasteiger partial charge on any atom is -0.380 e. The van der Waals surface area contributed by atoms with Crippen molar-refractivity contribution in [1.82, 2.24) is 10.6 Å². The number of ether oxygens (including phenoxy) is 1. The first-order valence-corrected chi connectivity index (χ1v) is 8.15. The normalized spacial score (nSPS) is 11.4. The summed E-state index contributed by atoms with van der Waals surface area (Å²) in [5.41, 5.74) is 2.41. The van der Waals surface area contributed by atoms with Crippen molar-refractivity contribution in [3.05, 3.63) is 70.8 Å². The van der Waals surface area contributed by atoms with E-state index in [1.165, 1.54) is 6.07 Å². The van der Waals surface area contributed by atoms with Gasteiger partial charge in [-0.05, 0) is 36.2 Å². The Bertz CT molecular complexity index is 702. The van der Waals surface area contributed by atoms with Gasteiger partial charge in [0.15, 0.2) is 5.96 Å². The van der Waals surface area contributed by atoms with E-state index in [4.69, 9.17) is 4.74 Å². The van der Waals surface area contributed by atoms with Crippen molar-refractivity contribution in [3.63, 3.8) is 0 Å². The van der Waals surface area contributed by atoms with Crippen molar-refractivity contribution in [3.8, 4) is 0 Å². The second-order valence-electron chi connectivity index (χ2n) is 5.53. The second-order valence-corrected chi connectivity index (χ2v) is 5.53. The van der Waals surface area contributed by atoms with Crippen LogP contribution in [0.1, 0.15) is 23.6 Å². The van der Waals surface area contributed by atoms with Crippen LogP contribution in [0.25, 0.3) is 0 Å². The molecule has 4 nitrogen and oxygen atoms in total. The molecule has 0 atom stereocenters. The first-order chi connectivity index (χ1) is 12.1. The van der Waals surface area contributed by atoms with E-state index in [-0.39, 0.29) is 12.1 Å². The zero-order valence-electron chi connectivity index (χ0n) is 14.5. The summed E-state index contributed by atoms with van der Waals surface area (Å²) >= 11 is 0. The lowest BCUT2D eigenvalue weighted by Gasteiger charge is -2.12. The SMILES string of the molecule is CCNC(=NCc1ccc(COC)cc1)NCc1cc(F)ccc1F. The number of nitrogens with one attached hydrogen (secondary N) is 2. The first kappa shape index (κ1) is 18.9. The Labute approximate surface area is 146 Å². The summed E-state index contributed by atoms with van der Waals surface area (Å²) in [6, 6.07) is 11.4. The van der Waals surface area contributed by atoms with E-state index in [1.54, 1.807) is 7.11 Å². The van der Waals surface area contributed by atoms with Gasteiger partial charge < -0.3 is 15.4 Å². The predicted molar refractivity (Wildman–Crippen MR) is 95.2 cm³/mol. The van der Waals surface area contributed by atoms with Gasteiger partial charge in [0.1, 0.15) is 11.6 Å². The van der Waals surface area contributed by atoms with Crippen LogP contribution in [-0.2, 0) is 24.4 Å². The monoisotopic (exact) mass is 347 g/mol. The van der Waals surface area contributed by atoms with Crippen LogP contribution in [-0.4, -0.2) is 19.6 Å². The van der Waals surface area contributed by atoms with Crippen LogP contribution in [0.4, 0.5) is 8.78 Å². The highest BCUT2D eigenvalue weighted by atomic mass is 19.1. The van der Waals surface area contributed by atoms with Gasteiger partial charge in [-0.15, -0.1) is 0 Å². The Balaban J connectivity index is 1.98. The molecule has 0 aliphatic carbocycles.